The lowest BCUT2D eigenvalue weighted by molar-refractivity contribution is -0.130. The molecule has 5 rings (SSSR count). The van der Waals surface area contributed by atoms with Gasteiger partial charge in [-0.25, -0.2) is 0 Å². The Morgan fingerprint density at radius 2 is 1.43 bits per heavy atom. The Bertz CT molecular complexity index is 1690. The van der Waals surface area contributed by atoms with Gasteiger partial charge in [-0.1, -0.05) is 54.6 Å². The van der Waals surface area contributed by atoms with Gasteiger partial charge in [-0.05, 0) is 59.0 Å². The Labute approximate surface area is 259 Å². The second-order valence-corrected chi connectivity index (χ2v) is 10.9. The van der Waals surface area contributed by atoms with Crippen molar-refractivity contribution in [2.75, 3.05) is 42.0 Å². The molecule has 7 heteroatoms. The maximum absolute atomic E-state index is 13.9. The Kier molecular flexibility index (Phi) is 9.75. The van der Waals surface area contributed by atoms with E-state index in [0.717, 1.165) is 34.1 Å². The zero-order valence-electron chi connectivity index (χ0n) is 26.1. The van der Waals surface area contributed by atoms with E-state index < -0.39 is 0 Å². The number of carbonyl (C=O) groups excluding carboxylic acids is 1. The summed E-state index contributed by atoms with van der Waals surface area (Å²) in [5, 5.41) is 1.12. The van der Waals surface area contributed by atoms with Crippen molar-refractivity contribution < 1.29 is 23.7 Å². The van der Waals surface area contributed by atoms with E-state index in [2.05, 4.69) is 59.3 Å². The fourth-order valence-corrected chi connectivity index (χ4v) is 5.69. The minimum absolute atomic E-state index is 0.0529. The third-order valence-corrected chi connectivity index (χ3v) is 8.16. The maximum Gasteiger partial charge on any atom is 0.223 e. The standard InChI is InChI=1S/C37H40N2O5/c1-38(18-17-26-15-16-35(43-4)36(19-26)44-5)37(40)23-32(28-20-29(41-2)22-30(21-28)42-3)33-25-39(24-27-11-7-6-8-12-27)34-14-10-9-13-31(33)34/h6-16,19-22,25,32H,17-18,23-24H2,1-5H3. The summed E-state index contributed by atoms with van der Waals surface area (Å²) in [5.41, 5.74) is 5.46. The number of carbonyl (C=O) groups is 1. The van der Waals surface area contributed by atoms with Crippen molar-refractivity contribution in [3.8, 4) is 23.0 Å². The van der Waals surface area contributed by atoms with Crippen LogP contribution in [0.2, 0.25) is 0 Å². The van der Waals surface area contributed by atoms with Gasteiger partial charge in [-0.3, -0.25) is 4.79 Å². The summed E-state index contributed by atoms with van der Waals surface area (Å²) in [7, 11) is 8.41. The van der Waals surface area contributed by atoms with Gasteiger partial charge in [-0.2, -0.15) is 0 Å². The molecule has 0 radical (unpaired) electrons. The van der Waals surface area contributed by atoms with Gasteiger partial charge < -0.3 is 28.4 Å². The largest absolute Gasteiger partial charge is 0.497 e. The van der Waals surface area contributed by atoms with Gasteiger partial charge >= 0.3 is 0 Å². The minimum atomic E-state index is -0.225. The molecule has 0 fully saturated rings. The van der Waals surface area contributed by atoms with Gasteiger partial charge in [0.15, 0.2) is 11.5 Å². The molecule has 0 spiro atoms. The van der Waals surface area contributed by atoms with Crippen LogP contribution in [0.5, 0.6) is 23.0 Å². The van der Waals surface area contributed by atoms with Crippen LogP contribution in [0.15, 0.2) is 97.2 Å². The van der Waals surface area contributed by atoms with E-state index in [9.17, 15) is 4.79 Å². The van der Waals surface area contributed by atoms with Crippen LogP contribution in [0.3, 0.4) is 0 Å². The summed E-state index contributed by atoms with van der Waals surface area (Å²) in [5.74, 6) is 2.56. The number of hydrogen-bond donors (Lipinski definition) is 0. The SMILES string of the molecule is COc1cc(OC)cc(C(CC(=O)N(C)CCc2ccc(OC)c(OC)c2)c2cn(Cc3ccccc3)c3ccccc23)c1. The Morgan fingerprint density at radius 3 is 2.11 bits per heavy atom. The number of amides is 1. The van der Waals surface area contributed by atoms with E-state index in [1.807, 2.05) is 54.4 Å². The third-order valence-electron chi connectivity index (χ3n) is 8.16. The number of hydrogen-bond acceptors (Lipinski definition) is 5. The van der Waals surface area contributed by atoms with Crippen LogP contribution in [0, 0.1) is 0 Å². The number of nitrogens with zero attached hydrogens (tertiary/aromatic N) is 2. The van der Waals surface area contributed by atoms with E-state index in [0.29, 0.717) is 36.0 Å². The molecule has 0 saturated heterocycles. The fraction of sp³-hybridized carbons (Fsp3) is 0.270. The molecule has 1 atom stereocenters. The predicted molar refractivity (Wildman–Crippen MR) is 174 cm³/mol. The Morgan fingerprint density at radius 1 is 0.750 bits per heavy atom. The second-order valence-electron chi connectivity index (χ2n) is 10.9. The van der Waals surface area contributed by atoms with Crippen molar-refractivity contribution in [3.63, 3.8) is 0 Å². The number of methoxy groups -OCH3 is 4. The maximum atomic E-state index is 13.9. The van der Waals surface area contributed by atoms with E-state index in [4.69, 9.17) is 18.9 Å². The summed E-state index contributed by atoms with van der Waals surface area (Å²) in [6, 6.07) is 30.6. The van der Waals surface area contributed by atoms with Gasteiger partial charge in [0.1, 0.15) is 11.5 Å². The van der Waals surface area contributed by atoms with E-state index in [1.54, 1.807) is 28.4 Å². The van der Waals surface area contributed by atoms with Crippen LogP contribution in [-0.4, -0.2) is 57.4 Å². The van der Waals surface area contributed by atoms with E-state index >= 15 is 0 Å². The van der Waals surface area contributed by atoms with Crippen LogP contribution in [-0.2, 0) is 17.8 Å². The molecule has 0 aliphatic heterocycles. The zero-order chi connectivity index (χ0) is 31.1. The number of fused-ring (bicyclic) bond motifs is 1. The molecule has 0 aliphatic rings. The lowest BCUT2D eigenvalue weighted by Gasteiger charge is -2.23. The van der Waals surface area contributed by atoms with Gasteiger partial charge in [0.25, 0.3) is 0 Å². The van der Waals surface area contributed by atoms with E-state index in [-0.39, 0.29) is 18.2 Å². The van der Waals surface area contributed by atoms with Crippen molar-refractivity contribution in [2.24, 2.45) is 0 Å². The Balaban J connectivity index is 1.48. The summed E-state index contributed by atoms with van der Waals surface area (Å²) in [4.78, 5) is 15.7. The first-order chi connectivity index (χ1) is 21.4. The molecule has 44 heavy (non-hydrogen) atoms. The highest BCUT2D eigenvalue weighted by molar-refractivity contribution is 5.87. The molecule has 1 unspecified atom stereocenters. The molecule has 228 valence electrons. The summed E-state index contributed by atoms with van der Waals surface area (Å²) >= 11 is 0. The van der Waals surface area contributed by atoms with Crippen molar-refractivity contribution in [2.45, 2.75) is 25.3 Å². The molecule has 1 amide bonds. The molecule has 4 aromatic carbocycles. The second kappa shape index (κ2) is 14.0. The molecular formula is C37H40N2O5. The number of benzene rings is 4. The molecule has 0 saturated carbocycles. The topological polar surface area (TPSA) is 62.2 Å². The van der Waals surface area contributed by atoms with Gasteiger partial charge in [0.05, 0.1) is 28.4 Å². The summed E-state index contributed by atoms with van der Waals surface area (Å²) in [6.45, 7) is 1.30. The molecule has 5 aromatic rings. The molecular weight excluding hydrogens is 552 g/mol. The van der Waals surface area contributed by atoms with Crippen LogP contribution >= 0.6 is 0 Å². The van der Waals surface area contributed by atoms with Crippen LogP contribution in [0.25, 0.3) is 10.9 Å². The minimum Gasteiger partial charge on any atom is -0.497 e. The zero-order valence-corrected chi connectivity index (χ0v) is 26.1. The predicted octanol–water partition coefficient (Wildman–Crippen LogP) is 6.95. The molecule has 0 N–H and O–H groups in total. The monoisotopic (exact) mass is 592 g/mol. The smallest absolute Gasteiger partial charge is 0.223 e. The van der Waals surface area contributed by atoms with Crippen molar-refractivity contribution in [3.05, 3.63) is 119 Å². The van der Waals surface area contributed by atoms with Crippen LogP contribution < -0.4 is 18.9 Å². The quantitative estimate of drug-likeness (QED) is 0.148. The van der Waals surface area contributed by atoms with Crippen molar-refractivity contribution >= 4 is 16.8 Å². The number of ether oxygens (including phenoxy) is 4. The van der Waals surface area contributed by atoms with Crippen molar-refractivity contribution in [1.82, 2.24) is 9.47 Å². The van der Waals surface area contributed by atoms with Gasteiger partial charge in [0.2, 0.25) is 5.91 Å². The number of para-hydroxylation sites is 1. The third kappa shape index (κ3) is 6.83. The van der Waals surface area contributed by atoms with Crippen molar-refractivity contribution in [1.29, 1.82) is 0 Å². The molecule has 7 nitrogen and oxygen atoms in total. The average molecular weight is 593 g/mol. The Hall–Kier alpha value is -4.91. The first-order valence-electron chi connectivity index (χ1n) is 14.7. The first-order valence-corrected chi connectivity index (χ1v) is 14.7. The number of likely N-dealkylation sites (N-methyl/N-ethyl adjacent to an activating group) is 1. The van der Waals surface area contributed by atoms with Crippen LogP contribution in [0.4, 0.5) is 0 Å². The highest BCUT2D eigenvalue weighted by Crippen LogP contribution is 2.38. The average Bonchev–Trinajstić information content (AvgIpc) is 3.43. The lowest BCUT2D eigenvalue weighted by atomic mass is 9.87. The molecule has 0 aliphatic carbocycles. The molecule has 1 heterocycles. The number of aromatic nitrogens is 1. The lowest BCUT2D eigenvalue weighted by Crippen LogP contribution is -2.30. The molecule has 0 bridgehead atoms. The molecule has 1 aromatic heterocycles. The van der Waals surface area contributed by atoms with Gasteiger partial charge in [-0.15, -0.1) is 0 Å². The highest BCUT2D eigenvalue weighted by Gasteiger charge is 2.25. The summed E-state index contributed by atoms with van der Waals surface area (Å²) < 4.78 is 24.4. The normalized spacial score (nSPS) is 11.7. The van der Waals surface area contributed by atoms with Crippen LogP contribution in [0.1, 0.15) is 34.6 Å². The van der Waals surface area contributed by atoms with Gasteiger partial charge in [0, 0.05) is 55.6 Å². The fourth-order valence-electron chi connectivity index (χ4n) is 5.69. The number of rotatable bonds is 13. The first kappa shape index (κ1) is 30.5. The van der Waals surface area contributed by atoms with E-state index in [1.165, 1.54) is 5.56 Å². The highest BCUT2D eigenvalue weighted by atomic mass is 16.5. The summed E-state index contributed by atoms with van der Waals surface area (Å²) in [6.07, 6.45) is 3.18.